The lowest BCUT2D eigenvalue weighted by Crippen LogP contribution is -2.29. The Morgan fingerprint density at radius 3 is 2.48 bits per heavy atom. The minimum atomic E-state index is -0.329. The van der Waals surface area contributed by atoms with Crippen LogP contribution in [0.15, 0.2) is 53.7 Å². The summed E-state index contributed by atoms with van der Waals surface area (Å²) >= 11 is 1.30. The molecule has 2 aromatic carbocycles. The second-order valence-electron chi connectivity index (χ2n) is 7.30. The lowest BCUT2D eigenvalue weighted by atomic mass is 10.1. The first-order valence-corrected chi connectivity index (χ1v) is 11.1. The van der Waals surface area contributed by atoms with Crippen molar-refractivity contribution in [3.05, 3.63) is 71.0 Å². The Bertz CT molecular complexity index is 1060. The number of aryl methyl sites for hydroxylation is 2. The van der Waals surface area contributed by atoms with E-state index >= 15 is 0 Å². The molecule has 2 N–H and O–H groups in total. The number of benzene rings is 2. The summed E-state index contributed by atoms with van der Waals surface area (Å²) in [5.41, 5.74) is 3.54. The molecule has 7 nitrogen and oxygen atoms in total. The predicted octanol–water partition coefficient (Wildman–Crippen LogP) is 3.91. The van der Waals surface area contributed by atoms with E-state index in [0.29, 0.717) is 16.5 Å². The largest absolute Gasteiger partial charge is 0.342 e. The van der Waals surface area contributed by atoms with E-state index in [1.54, 1.807) is 10.6 Å². The van der Waals surface area contributed by atoms with Gasteiger partial charge < -0.3 is 15.2 Å². The highest BCUT2D eigenvalue weighted by atomic mass is 32.2. The molecule has 8 heteroatoms. The molecule has 1 aromatic heterocycles. The monoisotopic (exact) mass is 437 g/mol. The van der Waals surface area contributed by atoms with Crippen molar-refractivity contribution in [1.29, 1.82) is 0 Å². The van der Waals surface area contributed by atoms with Gasteiger partial charge in [-0.3, -0.25) is 9.59 Å². The third-order valence-corrected chi connectivity index (χ3v) is 5.99. The number of rotatable bonds is 8. The van der Waals surface area contributed by atoms with Crippen LogP contribution in [-0.2, 0) is 18.3 Å². The van der Waals surface area contributed by atoms with E-state index in [1.807, 2.05) is 63.4 Å². The third kappa shape index (κ3) is 5.73. The molecule has 31 heavy (non-hydrogen) atoms. The van der Waals surface area contributed by atoms with Crippen LogP contribution in [-0.4, -0.2) is 32.3 Å². The van der Waals surface area contributed by atoms with Gasteiger partial charge in [0.05, 0.1) is 11.8 Å². The molecule has 0 aliphatic rings. The minimum absolute atomic E-state index is 0.111. The summed E-state index contributed by atoms with van der Waals surface area (Å²) in [7, 11) is 1.83. The topological polar surface area (TPSA) is 88.9 Å². The van der Waals surface area contributed by atoms with E-state index in [9.17, 15) is 9.59 Å². The molecule has 0 saturated carbocycles. The molecule has 1 heterocycles. The normalized spacial score (nSPS) is 11.7. The standard InChI is InChI=1S/C23H27N5O2S/c1-5-17-10-12-18(13-11-17)25-20(29)14-31-23-27-26-21(28(23)4)16(3)24-22(30)19-9-7-6-8-15(19)2/h6-13,16H,5,14H2,1-4H3,(H,24,30)(H,25,29)/t16-/m1/s1. The number of anilines is 1. The summed E-state index contributed by atoms with van der Waals surface area (Å²) in [5.74, 6) is 0.571. The van der Waals surface area contributed by atoms with E-state index < -0.39 is 0 Å². The summed E-state index contributed by atoms with van der Waals surface area (Å²) in [4.78, 5) is 24.8. The van der Waals surface area contributed by atoms with Crippen LogP contribution in [0.5, 0.6) is 0 Å². The van der Waals surface area contributed by atoms with Crippen molar-refractivity contribution < 1.29 is 9.59 Å². The van der Waals surface area contributed by atoms with Gasteiger partial charge in [-0.05, 0) is 49.6 Å². The molecule has 0 bridgehead atoms. The maximum Gasteiger partial charge on any atom is 0.252 e. The van der Waals surface area contributed by atoms with Gasteiger partial charge in [0.25, 0.3) is 5.91 Å². The zero-order valence-corrected chi connectivity index (χ0v) is 19.0. The fourth-order valence-corrected chi connectivity index (χ4v) is 3.86. The summed E-state index contributed by atoms with van der Waals surface area (Å²) in [6, 6.07) is 14.9. The van der Waals surface area contributed by atoms with Crippen molar-refractivity contribution in [2.45, 2.75) is 38.4 Å². The summed E-state index contributed by atoms with van der Waals surface area (Å²) in [6.45, 7) is 5.86. The van der Waals surface area contributed by atoms with E-state index in [2.05, 4.69) is 27.8 Å². The molecule has 0 spiro atoms. The number of nitrogens with zero attached hydrogens (tertiary/aromatic N) is 3. The van der Waals surface area contributed by atoms with Gasteiger partial charge in [0.2, 0.25) is 5.91 Å². The molecule has 1 atom stereocenters. The second kappa shape index (κ2) is 10.3. The van der Waals surface area contributed by atoms with E-state index in [0.717, 1.165) is 17.7 Å². The molecule has 3 rings (SSSR count). The Hall–Kier alpha value is -3.13. The summed E-state index contributed by atoms with van der Waals surface area (Å²) in [5, 5.41) is 14.9. The van der Waals surface area contributed by atoms with Gasteiger partial charge in [-0.2, -0.15) is 0 Å². The first-order chi connectivity index (χ1) is 14.9. The lowest BCUT2D eigenvalue weighted by Gasteiger charge is -2.14. The zero-order valence-electron chi connectivity index (χ0n) is 18.2. The Morgan fingerprint density at radius 2 is 1.81 bits per heavy atom. The maximum absolute atomic E-state index is 12.6. The number of nitrogens with one attached hydrogen (secondary N) is 2. The lowest BCUT2D eigenvalue weighted by molar-refractivity contribution is -0.113. The van der Waals surface area contributed by atoms with Crippen molar-refractivity contribution in [3.63, 3.8) is 0 Å². The Kier molecular flexibility index (Phi) is 7.46. The zero-order chi connectivity index (χ0) is 22.4. The van der Waals surface area contributed by atoms with Crippen LogP contribution in [0.2, 0.25) is 0 Å². The van der Waals surface area contributed by atoms with Gasteiger partial charge in [-0.25, -0.2) is 0 Å². The van der Waals surface area contributed by atoms with Gasteiger partial charge >= 0.3 is 0 Å². The van der Waals surface area contributed by atoms with E-state index in [4.69, 9.17) is 0 Å². The van der Waals surface area contributed by atoms with Crippen molar-refractivity contribution in [2.75, 3.05) is 11.1 Å². The van der Waals surface area contributed by atoms with Crippen molar-refractivity contribution in [1.82, 2.24) is 20.1 Å². The molecular weight excluding hydrogens is 410 g/mol. The maximum atomic E-state index is 12.6. The average molecular weight is 438 g/mol. The Labute approximate surface area is 186 Å². The van der Waals surface area contributed by atoms with Gasteiger partial charge in [0.1, 0.15) is 0 Å². The number of carbonyl (C=O) groups is 2. The third-order valence-electron chi connectivity index (χ3n) is 4.97. The van der Waals surface area contributed by atoms with Gasteiger partial charge in [-0.15, -0.1) is 10.2 Å². The van der Waals surface area contributed by atoms with Gasteiger partial charge in [-0.1, -0.05) is 49.0 Å². The second-order valence-corrected chi connectivity index (χ2v) is 8.24. The highest BCUT2D eigenvalue weighted by Crippen LogP contribution is 2.20. The molecule has 3 aromatic rings. The van der Waals surface area contributed by atoms with Crippen LogP contribution in [0.4, 0.5) is 5.69 Å². The molecule has 162 valence electrons. The fraction of sp³-hybridized carbons (Fsp3) is 0.304. The number of hydrogen-bond acceptors (Lipinski definition) is 5. The molecule has 2 amide bonds. The number of aromatic nitrogens is 3. The molecule has 0 aliphatic carbocycles. The molecular formula is C23H27N5O2S. The molecule has 0 fully saturated rings. The Morgan fingerprint density at radius 1 is 1.10 bits per heavy atom. The predicted molar refractivity (Wildman–Crippen MR) is 123 cm³/mol. The quantitative estimate of drug-likeness (QED) is 0.522. The average Bonchev–Trinajstić information content (AvgIpc) is 3.13. The molecule has 0 aliphatic heterocycles. The summed E-state index contributed by atoms with van der Waals surface area (Å²) < 4.78 is 1.80. The number of hydrogen-bond donors (Lipinski definition) is 2. The van der Waals surface area contributed by atoms with Crippen LogP contribution in [0.1, 0.15) is 47.2 Å². The van der Waals surface area contributed by atoms with Gasteiger partial charge in [0.15, 0.2) is 11.0 Å². The van der Waals surface area contributed by atoms with Crippen molar-refractivity contribution in [2.24, 2.45) is 7.05 Å². The summed E-state index contributed by atoms with van der Waals surface area (Å²) in [6.07, 6.45) is 0.961. The highest BCUT2D eigenvalue weighted by Gasteiger charge is 2.19. The first-order valence-electron chi connectivity index (χ1n) is 10.2. The van der Waals surface area contributed by atoms with Crippen LogP contribution >= 0.6 is 11.8 Å². The highest BCUT2D eigenvalue weighted by molar-refractivity contribution is 7.99. The van der Waals surface area contributed by atoms with Gasteiger partial charge in [0, 0.05) is 18.3 Å². The molecule has 0 radical (unpaired) electrons. The van der Waals surface area contributed by atoms with E-state index in [1.165, 1.54) is 17.3 Å². The first kappa shape index (κ1) is 22.6. The minimum Gasteiger partial charge on any atom is -0.342 e. The SMILES string of the molecule is CCc1ccc(NC(=O)CSc2nnc([C@@H](C)NC(=O)c3ccccc3C)n2C)cc1. The van der Waals surface area contributed by atoms with E-state index in [-0.39, 0.29) is 23.6 Å². The van der Waals surface area contributed by atoms with Crippen LogP contribution in [0.3, 0.4) is 0 Å². The van der Waals surface area contributed by atoms with Crippen molar-refractivity contribution in [3.8, 4) is 0 Å². The fourth-order valence-electron chi connectivity index (χ4n) is 3.15. The number of amides is 2. The number of thioether (sulfide) groups is 1. The van der Waals surface area contributed by atoms with Crippen molar-refractivity contribution >= 4 is 29.3 Å². The van der Waals surface area contributed by atoms with Crippen LogP contribution in [0, 0.1) is 6.92 Å². The Balaban J connectivity index is 1.57. The molecule has 0 unspecified atom stereocenters. The van der Waals surface area contributed by atoms with Crippen LogP contribution < -0.4 is 10.6 Å². The number of carbonyl (C=O) groups excluding carboxylic acids is 2. The van der Waals surface area contributed by atoms with Crippen LogP contribution in [0.25, 0.3) is 0 Å². The smallest absolute Gasteiger partial charge is 0.252 e. The molecule has 0 saturated heterocycles.